The number of rotatable bonds is 10. The first kappa shape index (κ1) is 30.4. The fourth-order valence-corrected chi connectivity index (χ4v) is 2.78. The van der Waals surface area contributed by atoms with E-state index in [0.717, 1.165) is 0 Å². The highest BCUT2D eigenvalue weighted by atomic mass is 17.2. The molecule has 0 saturated carbocycles. The zero-order valence-corrected chi connectivity index (χ0v) is 22.8. The second kappa shape index (κ2) is 13.1. The molecule has 0 N–H and O–H groups in total. The number of benzene rings is 2. The summed E-state index contributed by atoms with van der Waals surface area (Å²) in [6, 6.07) is 12.8. The molecule has 2 atom stereocenters. The van der Waals surface area contributed by atoms with E-state index in [1.807, 2.05) is 0 Å². The Balaban J connectivity index is 2.05. The fraction of sp³-hybridized carbons (Fsp3) is 0.444. The Bertz CT molecular complexity index is 1010. The lowest BCUT2D eigenvalue weighted by atomic mass is 9.96. The van der Waals surface area contributed by atoms with Gasteiger partial charge in [0.1, 0.15) is 22.6 Å². The summed E-state index contributed by atoms with van der Waals surface area (Å²) in [7, 11) is 2.82. The molecule has 2 aromatic carbocycles. The maximum Gasteiger partial charge on any atom is 0.513 e. The highest BCUT2D eigenvalue weighted by Gasteiger charge is 2.37. The van der Waals surface area contributed by atoms with Crippen molar-refractivity contribution in [2.24, 2.45) is 10.8 Å². The maximum atomic E-state index is 12.7. The van der Waals surface area contributed by atoms with E-state index < -0.39 is 41.5 Å². The Morgan fingerprint density at radius 1 is 0.605 bits per heavy atom. The van der Waals surface area contributed by atoms with Crippen LogP contribution in [0.25, 0.3) is 0 Å². The third-order valence-corrected chi connectivity index (χ3v) is 4.90. The van der Waals surface area contributed by atoms with Gasteiger partial charge in [-0.15, -0.1) is 9.78 Å². The van der Waals surface area contributed by atoms with Crippen LogP contribution in [0.4, 0.5) is 4.79 Å². The number of carbonyl (C=O) groups excluding carboxylic acids is 3. The molecule has 38 heavy (non-hydrogen) atoms. The summed E-state index contributed by atoms with van der Waals surface area (Å²) >= 11 is 0. The minimum absolute atomic E-state index is 0.114. The molecule has 0 bridgehead atoms. The number of ether oxygens (including phenoxy) is 4. The summed E-state index contributed by atoms with van der Waals surface area (Å²) in [4.78, 5) is 57.8. The van der Waals surface area contributed by atoms with Crippen LogP contribution in [-0.4, -0.2) is 44.9 Å². The van der Waals surface area contributed by atoms with E-state index in [1.54, 1.807) is 77.9 Å². The maximum absolute atomic E-state index is 12.7. The van der Waals surface area contributed by atoms with Gasteiger partial charge in [-0.1, -0.05) is 65.8 Å². The summed E-state index contributed by atoms with van der Waals surface area (Å²) in [6.45, 7) is 10.1. The van der Waals surface area contributed by atoms with E-state index in [9.17, 15) is 14.4 Å². The zero-order chi connectivity index (χ0) is 28.5. The van der Waals surface area contributed by atoms with Crippen LogP contribution in [0, 0.1) is 10.8 Å². The SMILES string of the molecule is COc1ccccc1C(=O)OOC(OC(=O)OC(OOC(=O)c1ccccc1OC)C(C)(C)C)C(C)(C)C. The molecule has 0 aliphatic rings. The molecule has 208 valence electrons. The van der Waals surface area contributed by atoms with Crippen molar-refractivity contribution in [2.75, 3.05) is 14.2 Å². The third-order valence-electron chi connectivity index (χ3n) is 4.90. The minimum atomic E-state index is -1.37. The molecule has 2 aromatic rings. The summed E-state index contributed by atoms with van der Waals surface area (Å²) in [6.07, 6.45) is -3.96. The van der Waals surface area contributed by atoms with Crippen molar-refractivity contribution in [1.82, 2.24) is 0 Å². The molecule has 0 amide bonds. The number of methoxy groups -OCH3 is 2. The number of hydrogen-bond acceptors (Lipinski definition) is 11. The molecule has 11 heteroatoms. The lowest BCUT2D eigenvalue weighted by molar-refractivity contribution is -0.371. The number of carbonyl (C=O) groups is 3. The molecule has 0 spiro atoms. The van der Waals surface area contributed by atoms with Crippen LogP contribution < -0.4 is 9.47 Å². The van der Waals surface area contributed by atoms with E-state index in [1.165, 1.54) is 26.4 Å². The number of hydrogen-bond donors (Lipinski definition) is 0. The average Bonchev–Trinajstić information content (AvgIpc) is 2.87. The standard InChI is InChI=1S/C27H34O11/c1-26(2,3)23(37-35-21(28)17-13-9-11-15-19(17)31-7)33-25(30)34-24(27(4,5)6)38-36-22(29)18-14-10-12-16-20(18)32-8/h9-16,23-24H,1-8H3. The smallest absolute Gasteiger partial charge is 0.496 e. The monoisotopic (exact) mass is 534 g/mol. The molecule has 2 unspecified atom stereocenters. The van der Waals surface area contributed by atoms with Gasteiger partial charge in [0.2, 0.25) is 0 Å². The van der Waals surface area contributed by atoms with Crippen molar-refractivity contribution < 1.29 is 52.9 Å². The molecule has 11 nitrogen and oxygen atoms in total. The lowest BCUT2D eigenvalue weighted by Crippen LogP contribution is -2.39. The van der Waals surface area contributed by atoms with Crippen molar-refractivity contribution >= 4 is 18.1 Å². The average molecular weight is 535 g/mol. The highest BCUT2D eigenvalue weighted by Crippen LogP contribution is 2.29. The first-order chi connectivity index (χ1) is 17.8. The van der Waals surface area contributed by atoms with Gasteiger partial charge in [0.05, 0.1) is 14.2 Å². The van der Waals surface area contributed by atoms with Gasteiger partial charge < -0.3 is 18.9 Å². The van der Waals surface area contributed by atoms with Crippen molar-refractivity contribution in [3.63, 3.8) is 0 Å². The molecule has 0 heterocycles. The van der Waals surface area contributed by atoms with Crippen LogP contribution in [-0.2, 0) is 29.0 Å². The first-order valence-electron chi connectivity index (χ1n) is 11.7. The normalized spacial score (nSPS) is 13.1. The predicted octanol–water partition coefficient (Wildman–Crippen LogP) is 5.48. The van der Waals surface area contributed by atoms with Crippen molar-refractivity contribution in [2.45, 2.75) is 54.1 Å². The molecule has 0 aliphatic carbocycles. The minimum Gasteiger partial charge on any atom is -0.496 e. The van der Waals surface area contributed by atoms with Crippen LogP contribution in [0.15, 0.2) is 48.5 Å². The van der Waals surface area contributed by atoms with Crippen molar-refractivity contribution in [1.29, 1.82) is 0 Å². The van der Waals surface area contributed by atoms with Crippen LogP contribution in [0.1, 0.15) is 62.3 Å². The summed E-state index contributed by atoms with van der Waals surface area (Å²) < 4.78 is 20.8. The zero-order valence-electron chi connectivity index (χ0n) is 22.8. The Morgan fingerprint density at radius 2 is 0.947 bits per heavy atom. The summed E-state index contributed by atoms with van der Waals surface area (Å²) in [5.74, 6) is -1.15. The molecule has 0 aliphatic heterocycles. The summed E-state index contributed by atoms with van der Waals surface area (Å²) in [5, 5.41) is 0. The van der Waals surface area contributed by atoms with Crippen LogP contribution in [0.3, 0.4) is 0 Å². The van der Waals surface area contributed by atoms with Crippen LogP contribution in [0.2, 0.25) is 0 Å². The van der Waals surface area contributed by atoms with Gasteiger partial charge in [0.15, 0.2) is 0 Å². The van der Waals surface area contributed by atoms with Gasteiger partial charge in [-0.25, -0.2) is 14.4 Å². The van der Waals surface area contributed by atoms with Crippen molar-refractivity contribution in [3.05, 3.63) is 59.7 Å². The van der Waals surface area contributed by atoms with Gasteiger partial charge in [0, 0.05) is 10.8 Å². The molecular formula is C27H34O11. The second-order valence-corrected chi connectivity index (χ2v) is 10.2. The lowest BCUT2D eigenvalue weighted by Gasteiger charge is -2.30. The van der Waals surface area contributed by atoms with E-state index in [2.05, 4.69) is 0 Å². The molecule has 0 saturated heterocycles. The Hall–Kier alpha value is -3.83. The third kappa shape index (κ3) is 8.63. The Kier molecular flexibility index (Phi) is 10.5. The van der Waals surface area contributed by atoms with Crippen LogP contribution >= 0.6 is 0 Å². The van der Waals surface area contributed by atoms with Gasteiger partial charge in [-0.05, 0) is 24.3 Å². The molecule has 0 radical (unpaired) electrons. The molecule has 0 fully saturated rings. The topological polar surface area (TPSA) is 125 Å². The second-order valence-electron chi connectivity index (χ2n) is 10.2. The largest absolute Gasteiger partial charge is 0.513 e. The first-order valence-corrected chi connectivity index (χ1v) is 11.7. The quantitative estimate of drug-likeness (QED) is 0.166. The molecule has 0 aromatic heterocycles. The molecule has 2 rings (SSSR count). The fourth-order valence-electron chi connectivity index (χ4n) is 2.78. The van der Waals surface area contributed by atoms with E-state index in [4.69, 9.17) is 38.5 Å². The molecular weight excluding hydrogens is 500 g/mol. The Labute approximate surface area is 221 Å². The summed E-state index contributed by atoms with van der Waals surface area (Å²) in [5.41, 5.74) is -1.45. The van der Waals surface area contributed by atoms with Gasteiger partial charge in [0.25, 0.3) is 12.6 Å². The predicted molar refractivity (Wildman–Crippen MR) is 133 cm³/mol. The van der Waals surface area contributed by atoms with E-state index in [-0.39, 0.29) is 22.6 Å². The van der Waals surface area contributed by atoms with Gasteiger partial charge in [-0.2, -0.15) is 0 Å². The Morgan fingerprint density at radius 3 is 1.26 bits per heavy atom. The van der Waals surface area contributed by atoms with E-state index in [0.29, 0.717) is 0 Å². The highest BCUT2D eigenvalue weighted by molar-refractivity contribution is 5.92. The van der Waals surface area contributed by atoms with Gasteiger partial charge in [-0.3, -0.25) is 9.78 Å². The van der Waals surface area contributed by atoms with Crippen LogP contribution in [0.5, 0.6) is 11.5 Å². The number of para-hydroxylation sites is 2. The van der Waals surface area contributed by atoms with Gasteiger partial charge >= 0.3 is 18.1 Å². The van der Waals surface area contributed by atoms with Crippen molar-refractivity contribution in [3.8, 4) is 11.5 Å². The van der Waals surface area contributed by atoms with E-state index >= 15 is 0 Å².